The van der Waals surface area contributed by atoms with Crippen molar-refractivity contribution in [3.05, 3.63) is 29.3 Å². The summed E-state index contributed by atoms with van der Waals surface area (Å²) in [5, 5.41) is 6.12. The van der Waals surface area contributed by atoms with Gasteiger partial charge in [0.15, 0.2) is 0 Å². The molecular weight excluding hydrogens is 248 g/mol. The Balaban J connectivity index is 2.39. The largest absolute Gasteiger partial charge is 0.385 e. The van der Waals surface area contributed by atoms with E-state index in [2.05, 4.69) is 17.6 Å². The lowest BCUT2D eigenvalue weighted by Crippen LogP contribution is -2.19. The van der Waals surface area contributed by atoms with Crippen molar-refractivity contribution in [2.24, 2.45) is 0 Å². The smallest absolute Gasteiger partial charge is 0.251 e. The summed E-state index contributed by atoms with van der Waals surface area (Å²) in [5.41, 5.74) is 2.85. The van der Waals surface area contributed by atoms with Crippen molar-refractivity contribution < 1.29 is 4.79 Å². The quantitative estimate of drug-likeness (QED) is 0.666. The molecule has 0 aromatic heterocycles. The summed E-state index contributed by atoms with van der Waals surface area (Å²) in [7, 11) is 1.66. The van der Waals surface area contributed by atoms with E-state index in [4.69, 9.17) is 0 Å². The van der Waals surface area contributed by atoms with Crippen LogP contribution >= 0.6 is 0 Å². The first kappa shape index (κ1) is 16.5. The van der Waals surface area contributed by atoms with E-state index in [1.807, 2.05) is 25.1 Å². The van der Waals surface area contributed by atoms with Crippen LogP contribution < -0.4 is 10.6 Å². The lowest BCUT2D eigenvalue weighted by atomic mass is 10.1. The van der Waals surface area contributed by atoms with Crippen molar-refractivity contribution in [1.82, 2.24) is 5.32 Å². The number of rotatable bonds is 9. The molecular formula is C17H28N2O. The van der Waals surface area contributed by atoms with Gasteiger partial charge in [-0.3, -0.25) is 4.79 Å². The number of nitrogens with one attached hydrogen (secondary N) is 2. The van der Waals surface area contributed by atoms with Gasteiger partial charge in [0.05, 0.1) is 0 Å². The van der Waals surface area contributed by atoms with Gasteiger partial charge in [-0.05, 0) is 31.0 Å². The maximum absolute atomic E-state index is 11.7. The molecule has 0 radical (unpaired) electrons. The average molecular weight is 276 g/mol. The lowest BCUT2D eigenvalue weighted by molar-refractivity contribution is 0.0962. The third-order valence-corrected chi connectivity index (χ3v) is 3.65. The highest BCUT2D eigenvalue weighted by Crippen LogP contribution is 2.19. The number of amides is 1. The fourth-order valence-corrected chi connectivity index (χ4v) is 2.34. The second-order valence-electron chi connectivity index (χ2n) is 5.25. The molecule has 1 rings (SSSR count). The summed E-state index contributed by atoms with van der Waals surface area (Å²) in [6.07, 6.45) is 7.79. The molecule has 1 aromatic carbocycles. The molecule has 2 N–H and O–H groups in total. The molecule has 0 aliphatic carbocycles. The summed E-state index contributed by atoms with van der Waals surface area (Å²) in [5.74, 6) is -0.0225. The maximum Gasteiger partial charge on any atom is 0.251 e. The highest BCUT2D eigenvalue weighted by molar-refractivity contribution is 5.96. The Morgan fingerprint density at radius 3 is 2.50 bits per heavy atom. The first-order chi connectivity index (χ1) is 9.70. The van der Waals surface area contributed by atoms with Gasteiger partial charge >= 0.3 is 0 Å². The molecule has 0 aliphatic rings. The monoisotopic (exact) mass is 276 g/mol. The van der Waals surface area contributed by atoms with Gasteiger partial charge in [0.2, 0.25) is 0 Å². The summed E-state index contributed by atoms with van der Waals surface area (Å²) in [4.78, 5) is 11.7. The van der Waals surface area contributed by atoms with Gasteiger partial charge in [-0.15, -0.1) is 0 Å². The lowest BCUT2D eigenvalue weighted by Gasteiger charge is -2.12. The minimum atomic E-state index is -0.0225. The zero-order chi connectivity index (χ0) is 14.8. The molecule has 0 heterocycles. The van der Waals surface area contributed by atoms with Crippen LogP contribution in [0.1, 0.15) is 61.4 Å². The standard InChI is InChI=1S/C17H28N2O/c1-4-5-6-7-8-9-13-19-16-12-10-11-15(14(16)2)17(20)18-3/h10-12,19H,4-9,13H2,1-3H3,(H,18,20). The van der Waals surface area contributed by atoms with Crippen LogP contribution in [0.3, 0.4) is 0 Å². The molecule has 0 bridgehead atoms. The summed E-state index contributed by atoms with van der Waals surface area (Å²) in [6.45, 7) is 5.21. The Hall–Kier alpha value is -1.51. The molecule has 0 spiro atoms. The number of anilines is 1. The van der Waals surface area contributed by atoms with Gasteiger partial charge < -0.3 is 10.6 Å². The van der Waals surface area contributed by atoms with Crippen LogP contribution in [0.4, 0.5) is 5.69 Å². The van der Waals surface area contributed by atoms with E-state index in [1.54, 1.807) is 7.05 Å². The van der Waals surface area contributed by atoms with E-state index in [9.17, 15) is 4.79 Å². The Bertz CT molecular complexity index is 415. The van der Waals surface area contributed by atoms with Crippen LogP contribution in [-0.4, -0.2) is 19.5 Å². The zero-order valence-electron chi connectivity index (χ0n) is 13.1. The molecule has 0 atom stereocenters. The molecule has 0 saturated carbocycles. The van der Waals surface area contributed by atoms with E-state index >= 15 is 0 Å². The average Bonchev–Trinajstić information content (AvgIpc) is 2.47. The van der Waals surface area contributed by atoms with Crippen LogP contribution in [0.15, 0.2) is 18.2 Å². The van der Waals surface area contributed by atoms with Crippen LogP contribution in [0.5, 0.6) is 0 Å². The van der Waals surface area contributed by atoms with Crippen LogP contribution in [0.2, 0.25) is 0 Å². The number of hydrogen-bond acceptors (Lipinski definition) is 2. The Morgan fingerprint density at radius 2 is 1.80 bits per heavy atom. The molecule has 0 saturated heterocycles. The summed E-state index contributed by atoms with van der Waals surface area (Å²) >= 11 is 0. The van der Waals surface area contributed by atoms with Crippen molar-refractivity contribution >= 4 is 11.6 Å². The van der Waals surface area contributed by atoms with Crippen molar-refractivity contribution in [2.45, 2.75) is 52.4 Å². The van der Waals surface area contributed by atoms with Crippen molar-refractivity contribution in [3.63, 3.8) is 0 Å². The first-order valence-corrected chi connectivity index (χ1v) is 7.76. The number of hydrogen-bond donors (Lipinski definition) is 2. The van der Waals surface area contributed by atoms with Crippen molar-refractivity contribution in [3.8, 4) is 0 Å². The number of carbonyl (C=O) groups excluding carboxylic acids is 1. The van der Waals surface area contributed by atoms with Crippen LogP contribution in [0.25, 0.3) is 0 Å². The van der Waals surface area contributed by atoms with Crippen molar-refractivity contribution in [2.75, 3.05) is 18.9 Å². The van der Waals surface area contributed by atoms with Crippen molar-refractivity contribution in [1.29, 1.82) is 0 Å². The van der Waals surface area contributed by atoms with Gasteiger partial charge in [0.25, 0.3) is 5.91 Å². The second kappa shape index (κ2) is 9.40. The maximum atomic E-state index is 11.7. The van der Waals surface area contributed by atoms with Gasteiger partial charge in [-0.1, -0.05) is 45.1 Å². The number of benzene rings is 1. The fraction of sp³-hybridized carbons (Fsp3) is 0.588. The van der Waals surface area contributed by atoms with Gasteiger partial charge in [-0.25, -0.2) is 0 Å². The van der Waals surface area contributed by atoms with E-state index in [-0.39, 0.29) is 5.91 Å². The van der Waals surface area contributed by atoms with Gasteiger partial charge in [0.1, 0.15) is 0 Å². The van der Waals surface area contributed by atoms with E-state index in [0.29, 0.717) is 0 Å². The van der Waals surface area contributed by atoms with E-state index < -0.39 is 0 Å². The Labute approximate surface area is 123 Å². The normalized spacial score (nSPS) is 10.3. The zero-order valence-corrected chi connectivity index (χ0v) is 13.1. The number of unbranched alkanes of at least 4 members (excludes halogenated alkanes) is 5. The third-order valence-electron chi connectivity index (χ3n) is 3.65. The SMILES string of the molecule is CCCCCCCCNc1cccc(C(=O)NC)c1C. The van der Waals surface area contributed by atoms with Gasteiger partial charge in [-0.2, -0.15) is 0 Å². The minimum Gasteiger partial charge on any atom is -0.385 e. The molecule has 1 amide bonds. The molecule has 0 unspecified atom stereocenters. The highest BCUT2D eigenvalue weighted by Gasteiger charge is 2.09. The topological polar surface area (TPSA) is 41.1 Å². The molecule has 20 heavy (non-hydrogen) atoms. The predicted octanol–water partition coefficient (Wildman–Crippen LogP) is 4.13. The minimum absolute atomic E-state index is 0.0225. The molecule has 3 nitrogen and oxygen atoms in total. The van der Waals surface area contributed by atoms with E-state index in [0.717, 1.165) is 23.4 Å². The highest BCUT2D eigenvalue weighted by atomic mass is 16.1. The molecule has 1 aromatic rings. The summed E-state index contributed by atoms with van der Waals surface area (Å²) in [6, 6.07) is 5.84. The summed E-state index contributed by atoms with van der Waals surface area (Å²) < 4.78 is 0. The Kier molecular flexibility index (Phi) is 7.78. The molecule has 0 fully saturated rings. The number of carbonyl (C=O) groups is 1. The molecule has 0 aliphatic heterocycles. The Morgan fingerprint density at radius 1 is 1.10 bits per heavy atom. The van der Waals surface area contributed by atoms with Gasteiger partial charge in [0, 0.05) is 24.8 Å². The third kappa shape index (κ3) is 5.24. The second-order valence-corrected chi connectivity index (χ2v) is 5.25. The van der Waals surface area contributed by atoms with Crippen LogP contribution in [0, 0.1) is 6.92 Å². The fourth-order valence-electron chi connectivity index (χ4n) is 2.34. The predicted molar refractivity (Wildman–Crippen MR) is 86.4 cm³/mol. The molecule has 112 valence electrons. The van der Waals surface area contributed by atoms with Crippen LogP contribution in [-0.2, 0) is 0 Å². The first-order valence-electron chi connectivity index (χ1n) is 7.76. The van der Waals surface area contributed by atoms with E-state index in [1.165, 1.54) is 38.5 Å². The molecule has 3 heteroatoms.